The molecular formula is C12H10INO2. The molecule has 0 bridgehead atoms. The van der Waals surface area contributed by atoms with Gasteiger partial charge in [0.05, 0.1) is 17.7 Å². The summed E-state index contributed by atoms with van der Waals surface area (Å²) in [6.45, 7) is 2.18. The highest BCUT2D eigenvalue weighted by Crippen LogP contribution is 2.21. The van der Waals surface area contributed by atoms with Crippen molar-refractivity contribution in [3.8, 4) is 0 Å². The number of ether oxygens (including phenoxy) is 1. The van der Waals surface area contributed by atoms with Crippen molar-refractivity contribution in [1.82, 2.24) is 4.98 Å². The van der Waals surface area contributed by atoms with E-state index in [1.54, 1.807) is 19.2 Å². The van der Waals surface area contributed by atoms with Gasteiger partial charge in [-0.15, -0.1) is 0 Å². The van der Waals surface area contributed by atoms with Crippen LogP contribution in [0.2, 0.25) is 0 Å². The number of pyridine rings is 1. The van der Waals surface area contributed by atoms with Gasteiger partial charge in [-0.25, -0.2) is 4.79 Å². The highest BCUT2D eigenvalue weighted by Gasteiger charge is 2.12. The maximum absolute atomic E-state index is 11.7. The van der Waals surface area contributed by atoms with Gasteiger partial charge in [0.2, 0.25) is 0 Å². The molecule has 1 heterocycles. The highest BCUT2D eigenvalue weighted by molar-refractivity contribution is 14.1. The minimum Gasteiger partial charge on any atom is -0.462 e. The van der Waals surface area contributed by atoms with Gasteiger partial charge in [0.25, 0.3) is 0 Å². The standard InChI is InChI=1S/C12H10INO2/c1-2-16-12(15)9-6-7-14-11-8(9)4-3-5-10(11)13/h3-7H,2H2,1H3. The Labute approximate surface area is 107 Å². The Bertz CT molecular complexity index is 540. The number of benzene rings is 1. The van der Waals surface area contributed by atoms with Crippen LogP contribution >= 0.6 is 22.6 Å². The largest absolute Gasteiger partial charge is 0.462 e. The Morgan fingerprint density at radius 3 is 3.00 bits per heavy atom. The molecule has 16 heavy (non-hydrogen) atoms. The average Bonchev–Trinajstić information content (AvgIpc) is 2.29. The summed E-state index contributed by atoms with van der Waals surface area (Å²) in [5.41, 5.74) is 1.42. The first-order valence-electron chi connectivity index (χ1n) is 4.94. The Hall–Kier alpha value is -1.17. The second-order valence-corrected chi connectivity index (χ2v) is 4.38. The minimum atomic E-state index is -0.295. The number of carbonyl (C=O) groups is 1. The van der Waals surface area contributed by atoms with Crippen LogP contribution in [-0.4, -0.2) is 17.6 Å². The molecule has 2 aromatic rings. The van der Waals surface area contributed by atoms with Crippen molar-refractivity contribution in [2.75, 3.05) is 6.61 Å². The second kappa shape index (κ2) is 4.78. The fourth-order valence-electron chi connectivity index (χ4n) is 1.53. The molecule has 0 radical (unpaired) electrons. The van der Waals surface area contributed by atoms with E-state index in [9.17, 15) is 4.79 Å². The zero-order valence-corrected chi connectivity index (χ0v) is 10.9. The molecule has 0 atom stereocenters. The number of nitrogens with zero attached hydrogens (tertiary/aromatic N) is 1. The zero-order chi connectivity index (χ0) is 11.5. The molecule has 0 saturated heterocycles. The van der Waals surface area contributed by atoms with E-state index in [0.717, 1.165) is 14.5 Å². The van der Waals surface area contributed by atoms with Gasteiger partial charge in [-0.05, 0) is 41.6 Å². The van der Waals surface area contributed by atoms with E-state index >= 15 is 0 Å². The van der Waals surface area contributed by atoms with Gasteiger partial charge in [-0.3, -0.25) is 4.98 Å². The summed E-state index contributed by atoms with van der Waals surface area (Å²) in [4.78, 5) is 16.0. The predicted octanol–water partition coefficient (Wildman–Crippen LogP) is 3.02. The van der Waals surface area contributed by atoms with Gasteiger partial charge >= 0.3 is 5.97 Å². The third-order valence-electron chi connectivity index (χ3n) is 2.22. The molecule has 0 aliphatic rings. The second-order valence-electron chi connectivity index (χ2n) is 3.21. The summed E-state index contributed by atoms with van der Waals surface area (Å²) < 4.78 is 6.04. The summed E-state index contributed by atoms with van der Waals surface area (Å²) in [6.07, 6.45) is 1.64. The van der Waals surface area contributed by atoms with Crippen LogP contribution in [0.1, 0.15) is 17.3 Å². The summed E-state index contributed by atoms with van der Waals surface area (Å²) >= 11 is 2.20. The van der Waals surface area contributed by atoms with Crippen LogP contribution in [0.15, 0.2) is 30.5 Å². The molecule has 4 heteroatoms. The number of carbonyl (C=O) groups excluding carboxylic acids is 1. The van der Waals surface area contributed by atoms with Crippen molar-refractivity contribution in [1.29, 1.82) is 0 Å². The summed E-state index contributed by atoms with van der Waals surface area (Å²) in [5, 5.41) is 0.841. The molecule has 0 spiro atoms. The molecule has 0 fully saturated rings. The minimum absolute atomic E-state index is 0.295. The van der Waals surface area contributed by atoms with E-state index < -0.39 is 0 Å². The number of aromatic nitrogens is 1. The van der Waals surface area contributed by atoms with Crippen LogP contribution < -0.4 is 0 Å². The van der Waals surface area contributed by atoms with Crippen LogP contribution in [0, 0.1) is 3.57 Å². The molecule has 0 unspecified atom stereocenters. The van der Waals surface area contributed by atoms with E-state index in [0.29, 0.717) is 12.2 Å². The van der Waals surface area contributed by atoms with Crippen LogP contribution in [0.3, 0.4) is 0 Å². The van der Waals surface area contributed by atoms with Crippen molar-refractivity contribution >= 4 is 39.5 Å². The van der Waals surface area contributed by atoms with E-state index in [1.807, 2.05) is 18.2 Å². The lowest BCUT2D eigenvalue weighted by atomic mass is 10.1. The summed E-state index contributed by atoms with van der Waals surface area (Å²) in [7, 11) is 0. The van der Waals surface area contributed by atoms with Crippen LogP contribution in [0.25, 0.3) is 10.9 Å². The van der Waals surface area contributed by atoms with Crippen LogP contribution in [0.5, 0.6) is 0 Å². The number of halogens is 1. The number of fused-ring (bicyclic) bond motifs is 1. The van der Waals surface area contributed by atoms with Gasteiger partial charge in [-0.1, -0.05) is 12.1 Å². The SMILES string of the molecule is CCOC(=O)c1ccnc2c(I)cccc12. The third-order valence-corrected chi connectivity index (χ3v) is 3.09. The molecule has 0 aliphatic heterocycles. The molecule has 1 aromatic carbocycles. The lowest BCUT2D eigenvalue weighted by Crippen LogP contribution is -2.05. The Morgan fingerprint density at radius 2 is 2.25 bits per heavy atom. The predicted molar refractivity (Wildman–Crippen MR) is 70.4 cm³/mol. The van der Waals surface area contributed by atoms with Gasteiger partial charge < -0.3 is 4.74 Å². The van der Waals surface area contributed by atoms with E-state index in [1.165, 1.54) is 0 Å². The van der Waals surface area contributed by atoms with E-state index in [2.05, 4.69) is 27.6 Å². The van der Waals surface area contributed by atoms with E-state index in [-0.39, 0.29) is 5.97 Å². The average molecular weight is 327 g/mol. The number of para-hydroxylation sites is 1. The van der Waals surface area contributed by atoms with Crippen molar-refractivity contribution in [2.45, 2.75) is 6.92 Å². The summed E-state index contributed by atoms with van der Waals surface area (Å²) in [5.74, 6) is -0.295. The number of rotatable bonds is 2. The van der Waals surface area contributed by atoms with Crippen molar-refractivity contribution in [2.24, 2.45) is 0 Å². The maximum atomic E-state index is 11.7. The first-order valence-corrected chi connectivity index (χ1v) is 6.02. The molecule has 0 amide bonds. The molecule has 1 aromatic heterocycles. The normalized spacial score (nSPS) is 10.4. The molecular weight excluding hydrogens is 317 g/mol. The first-order chi connectivity index (χ1) is 7.74. The third kappa shape index (κ3) is 2.02. The monoisotopic (exact) mass is 327 g/mol. The highest BCUT2D eigenvalue weighted by atomic mass is 127. The number of hydrogen-bond acceptors (Lipinski definition) is 3. The first kappa shape index (κ1) is 11.3. The Morgan fingerprint density at radius 1 is 1.44 bits per heavy atom. The molecule has 82 valence electrons. The Balaban J connectivity index is 2.62. The lowest BCUT2D eigenvalue weighted by Gasteiger charge is -2.06. The molecule has 2 rings (SSSR count). The Kier molecular flexibility index (Phi) is 3.38. The topological polar surface area (TPSA) is 39.2 Å². The molecule has 3 nitrogen and oxygen atoms in total. The quantitative estimate of drug-likeness (QED) is 0.629. The van der Waals surface area contributed by atoms with Gasteiger partial charge in [-0.2, -0.15) is 0 Å². The van der Waals surface area contributed by atoms with Crippen molar-refractivity contribution < 1.29 is 9.53 Å². The van der Waals surface area contributed by atoms with E-state index in [4.69, 9.17) is 4.74 Å². The maximum Gasteiger partial charge on any atom is 0.338 e. The fourth-order valence-corrected chi connectivity index (χ4v) is 2.16. The van der Waals surface area contributed by atoms with Gasteiger partial charge in [0.1, 0.15) is 0 Å². The van der Waals surface area contributed by atoms with Crippen molar-refractivity contribution in [3.05, 3.63) is 39.6 Å². The van der Waals surface area contributed by atoms with Gasteiger partial charge in [0, 0.05) is 15.2 Å². The van der Waals surface area contributed by atoms with Crippen molar-refractivity contribution in [3.63, 3.8) is 0 Å². The number of hydrogen-bond donors (Lipinski definition) is 0. The fraction of sp³-hybridized carbons (Fsp3) is 0.167. The van der Waals surface area contributed by atoms with Crippen LogP contribution in [0.4, 0.5) is 0 Å². The lowest BCUT2D eigenvalue weighted by molar-refractivity contribution is 0.0528. The summed E-state index contributed by atoms with van der Waals surface area (Å²) in [6, 6.07) is 7.45. The van der Waals surface area contributed by atoms with Gasteiger partial charge in [0.15, 0.2) is 0 Å². The smallest absolute Gasteiger partial charge is 0.338 e. The zero-order valence-electron chi connectivity index (χ0n) is 8.74. The molecule has 0 saturated carbocycles. The molecule has 0 aliphatic carbocycles. The van der Waals surface area contributed by atoms with Crippen LogP contribution in [-0.2, 0) is 4.74 Å². The number of esters is 1. The molecule has 0 N–H and O–H groups in total.